The van der Waals surface area contributed by atoms with Crippen molar-refractivity contribution < 1.29 is 23.5 Å². The third-order valence-corrected chi connectivity index (χ3v) is 7.73. The second kappa shape index (κ2) is 9.25. The Morgan fingerprint density at radius 3 is 2.40 bits per heavy atom. The minimum Gasteiger partial charge on any atom is -0.497 e. The number of amides is 2. The van der Waals surface area contributed by atoms with Crippen molar-refractivity contribution in [3.63, 3.8) is 0 Å². The summed E-state index contributed by atoms with van der Waals surface area (Å²) in [6, 6.07) is 13.7. The van der Waals surface area contributed by atoms with E-state index in [1.807, 2.05) is 18.4 Å². The number of nitrogens with one attached hydrogen (secondary N) is 1. The molecule has 6 rings (SSSR count). The van der Waals surface area contributed by atoms with Gasteiger partial charge in [-0.15, -0.1) is 0 Å². The predicted octanol–water partition coefficient (Wildman–Crippen LogP) is 6.45. The lowest BCUT2D eigenvalue weighted by Crippen LogP contribution is -2.51. The van der Waals surface area contributed by atoms with Crippen molar-refractivity contribution in [3.8, 4) is 22.9 Å². The first-order chi connectivity index (χ1) is 19.1. The molecule has 3 aromatic carbocycles. The summed E-state index contributed by atoms with van der Waals surface area (Å²) in [6.07, 6.45) is 0. The standard InChI is InChI=1S/C29H23Cl2FN4O4/c1-14(2)35-25-24(34-26(35)18-8-7-17(39-3)13-23(18)40-4)27(37)36(22-12-16(31)6-10-20(22)32)29(25)19-9-5-15(30)11-21(19)33-28(29)38/h5-14H,1-4H3,(H,33,38)/t29-/m1/s1. The molecule has 0 aliphatic carbocycles. The third kappa shape index (κ3) is 3.47. The Balaban J connectivity index is 1.73. The fourth-order valence-electron chi connectivity index (χ4n) is 5.64. The topological polar surface area (TPSA) is 85.7 Å². The second-order valence-corrected chi connectivity index (χ2v) is 10.6. The maximum Gasteiger partial charge on any atom is 0.280 e. The van der Waals surface area contributed by atoms with Gasteiger partial charge in [0.1, 0.15) is 23.1 Å². The number of benzene rings is 3. The highest BCUT2D eigenvalue weighted by molar-refractivity contribution is 6.32. The first kappa shape index (κ1) is 26.2. The Hall–Kier alpha value is -4.08. The molecule has 1 spiro atoms. The summed E-state index contributed by atoms with van der Waals surface area (Å²) in [5.74, 6) is -0.466. The average molecular weight is 581 g/mol. The van der Waals surface area contributed by atoms with E-state index in [9.17, 15) is 9.59 Å². The SMILES string of the molecule is COc1ccc(-c2nc3c(n2C(C)C)[C@]2(C(=O)Nc4cc(Cl)ccc42)N(c2cc(Cl)ccc2F)C3=O)c(OC)c1. The van der Waals surface area contributed by atoms with Gasteiger partial charge in [0, 0.05) is 33.4 Å². The summed E-state index contributed by atoms with van der Waals surface area (Å²) in [5.41, 5.74) is -0.198. The molecular formula is C29H23Cl2FN4O4. The van der Waals surface area contributed by atoms with Gasteiger partial charge in [0.25, 0.3) is 11.8 Å². The van der Waals surface area contributed by atoms with E-state index in [4.69, 9.17) is 37.7 Å². The molecular weight excluding hydrogens is 558 g/mol. The zero-order chi connectivity index (χ0) is 28.5. The van der Waals surface area contributed by atoms with E-state index in [-0.39, 0.29) is 22.4 Å². The molecule has 2 aliphatic rings. The molecule has 11 heteroatoms. The number of imidazole rings is 1. The molecule has 0 saturated carbocycles. The van der Waals surface area contributed by atoms with E-state index < -0.39 is 23.2 Å². The quantitative estimate of drug-likeness (QED) is 0.293. The molecule has 204 valence electrons. The lowest BCUT2D eigenvalue weighted by Gasteiger charge is -2.36. The highest BCUT2D eigenvalue weighted by Gasteiger charge is 2.64. The van der Waals surface area contributed by atoms with Gasteiger partial charge >= 0.3 is 0 Å². The fourth-order valence-corrected chi connectivity index (χ4v) is 5.98. The summed E-state index contributed by atoms with van der Waals surface area (Å²) in [6.45, 7) is 3.83. The van der Waals surface area contributed by atoms with Crippen LogP contribution in [0.4, 0.5) is 15.8 Å². The molecule has 0 unspecified atom stereocenters. The van der Waals surface area contributed by atoms with Crippen molar-refractivity contribution in [2.24, 2.45) is 0 Å². The van der Waals surface area contributed by atoms with Crippen LogP contribution in [0, 0.1) is 5.82 Å². The van der Waals surface area contributed by atoms with Crippen molar-refractivity contribution >= 4 is 46.4 Å². The van der Waals surface area contributed by atoms with Crippen molar-refractivity contribution in [3.05, 3.63) is 87.4 Å². The van der Waals surface area contributed by atoms with E-state index >= 15 is 4.39 Å². The van der Waals surface area contributed by atoms with Gasteiger partial charge < -0.3 is 19.4 Å². The van der Waals surface area contributed by atoms with Gasteiger partial charge in [0.2, 0.25) is 0 Å². The maximum atomic E-state index is 15.4. The van der Waals surface area contributed by atoms with Crippen LogP contribution >= 0.6 is 23.2 Å². The maximum absolute atomic E-state index is 15.4. The number of carbonyl (C=O) groups excluding carboxylic acids is 2. The fraction of sp³-hybridized carbons (Fsp3) is 0.207. The van der Waals surface area contributed by atoms with Gasteiger partial charge in [-0.3, -0.25) is 14.5 Å². The first-order valence-electron chi connectivity index (χ1n) is 12.4. The summed E-state index contributed by atoms with van der Waals surface area (Å²) in [5, 5.41) is 3.46. The normalized spacial score (nSPS) is 17.4. The monoisotopic (exact) mass is 580 g/mol. The Kier molecular flexibility index (Phi) is 6.05. The minimum absolute atomic E-state index is 0.0129. The predicted molar refractivity (Wildman–Crippen MR) is 150 cm³/mol. The van der Waals surface area contributed by atoms with Gasteiger partial charge in [-0.25, -0.2) is 9.37 Å². The van der Waals surface area contributed by atoms with Crippen LogP contribution in [0.5, 0.6) is 11.5 Å². The second-order valence-electron chi connectivity index (χ2n) is 9.75. The van der Waals surface area contributed by atoms with Gasteiger partial charge in [-0.2, -0.15) is 0 Å². The molecule has 1 atom stereocenters. The highest BCUT2D eigenvalue weighted by Crippen LogP contribution is 2.55. The number of nitrogens with zero attached hydrogens (tertiary/aromatic N) is 3. The Morgan fingerprint density at radius 1 is 0.975 bits per heavy atom. The number of anilines is 2. The lowest BCUT2D eigenvalue weighted by molar-refractivity contribution is -0.119. The minimum atomic E-state index is -1.80. The van der Waals surface area contributed by atoms with Crippen molar-refractivity contribution in [2.45, 2.75) is 25.4 Å². The van der Waals surface area contributed by atoms with Crippen LogP contribution in [0.25, 0.3) is 11.4 Å². The van der Waals surface area contributed by atoms with Gasteiger partial charge in [0.05, 0.1) is 31.2 Å². The van der Waals surface area contributed by atoms with Crippen molar-refractivity contribution in [2.75, 3.05) is 24.4 Å². The molecule has 0 saturated heterocycles. The zero-order valence-corrected chi connectivity index (χ0v) is 23.4. The third-order valence-electron chi connectivity index (χ3n) is 7.26. The Labute approximate surface area is 239 Å². The number of rotatable bonds is 5. The van der Waals surface area contributed by atoms with Crippen LogP contribution in [0.1, 0.15) is 41.6 Å². The number of hydrogen-bond acceptors (Lipinski definition) is 5. The Bertz CT molecular complexity index is 1740. The molecule has 4 aromatic rings. The molecule has 8 nitrogen and oxygen atoms in total. The van der Waals surface area contributed by atoms with E-state index in [2.05, 4.69) is 5.32 Å². The smallest absolute Gasteiger partial charge is 0.280 e. The van der Waals surface area contributed by atoms with Crippen LogP contribution in [0.3, 0.4) is 0 Å². The van der Waals surface area contributed by atoms with E-state index in [1.165, 1.54) is 19.2 Å². The van der Waals surface area contributed by atoms with Gasteiger partial charge in [-0.05, 0) is 56.3 Å². The molecule has 0 fully saturated rings. The van der Waals surface area contributed by atoms with Gasteiger partial charge in [0.15, 0.2) is 11.2 Å². The average Bonchev–Trinajstić information content (AvgIpc) is 3.53. The lowest BCUT2D eigenvalue weighted by atomic mass is 9.87. The zero-order valence-electron chi connectivity index (χ0n) is 21.9. The molecule has 2 aliphatic heterocycles. The van der Waals surface area contributed by atoms with E-state index in [0.29, 0.717) is 44.9 Å². The van der Waals surface area contributed by atoms with Crippen LogP contribution < -0.4 is 19.7 Å². The summed E-state index contributed by atoms with van der Waals surface area (Å²) in [4.78, 5) is 34.4. The highest BCUT2D eigenvalue weighted by atomic mass is 35.5. The van der Waals surface area contributed by atoms with E-state index in [0.717, 1.165) is 11.0 Å². The number of carbonyl (C=O) groups is 2. The molecule has 0 radical (unpaired) electrons. The molecule has 1 N–H and O–H groups in total. The summed E-state index contributed by atoms with van der Waals surface area (Å²) < 4.78 is 28.3. The number of methoxy groups -OCH3 is 2. The number of ether oxygens (including phenoxy) is 2. The van der Waals surface area contributed by atoms with E-state index in [1.54, 1.807) is 43.5 Å². The number of fused-ring (bicyclic) bond motifs is 4. The molecule has 2 amide bonds. The summed E-state index contributed by atoms with van der Waals surface area (Å²) >= 11 is 12.5. The van der Waals surface area contributed by atoms with Gasteiger partial charge in [-0.1, -0.05) is 29.3 Å². The first-order valence-corrected chi connectivity index (χ1v) is 13.1. The van der Waals surface area contributed by atoms with Crippen LogP contribution in [0.15, 0.2) is 54.6 Å². The van der Waals surface area contributed by atoms with Crippen molar-refractivity contribution in [1.82, 2.24) is 9.55 Å². The van der Waals surface area contributed by atoms with Crippen LogP contribution in [0.2, 0.25) is 10.0 Å². The van der Waals surface area contributed by atoms with Crippen LogP contribution in [-0.4, -0.2) is 35.6 Å². The number of aromatic nitrogens is 2. The summed E-state index contributed by atoms with van der Waals surface area (Å²) in [7, 11) is 3.07. The number of halogens is 3. The molecule has 0 bridgehead atoms. The molecule has 1 aromatic heterocycles. The van der Waals surface area contributed by atoms with Crippen LogP contribution in [-0.2, 0) is 10.3 Å². The number of hydrogen-bond donors (Lipinski definition) is 1. The molecule has 40 heavy (non-hydrogen) atoms. The largest absolute Gasteiger partial charge is 0.497 e. The Morgan fingerprint density at radius 2 is 1.70 bits per heavy atom. The molecule has 3 heterocycles. The van der Waals surface area contributed by atoms with Crippen molar-refractivity contribution in [1.29, 1.82) is 0 Å².